The maximum Gasteiger partial charge on any atom is -0.00978 e. The molecule has 0 nitrogen and oxygen atoms in total. The van der Waals surface area contributed by atoms with E-state index < -0.39 is 0 Å². The molecule has 0 amide bonds. The fourth-order valence-corrected chi connectivity index (χ4v) is 1.35. The van der Waals surface area contributed by atoms with Gasteiger partial charge in [-0.2, -0.15) is 0 Å². The molecule has 14 heavy (non-hydrogen) atoms. The summed E-state index contributed by atoms with van der Waals surface area (Å²) >= 11 is 0. The van der Waals surface area contributed by atoms with Crippen LogP contribution in [0.5, 0.6) is 0 Å². The van der Waals surface area contributed by atoms with Crippen molar-refractivity contribution < 1.29 is 0 Å². The highest BCUT2D eigenvalue weighted by molar-refractivity contribution is 5.05. The van der Waals surface area contributed by atoms with E-state index in [2.05, 4.69) is 48.6 Å². The molecule has 0 saturated heterocycles. The predicted octanol–water partition coefficient (Wildman–Crippen LogP) is 4.37. The number of rotatable bonds is 0. The van der Waals surface area contributed by atoms with Crippen molar-refractivity contribution in [3.63, 3.8) is 0 Å². The topological polar surface area (TPSA) is 0 Å². The van der Waals surface area contributed by atoms with Crippen LogP contribution in [-0.2, 0) is 0 Å². The van der Waals surface area contributed by atoms with Gasteiger partial charge in [-0.1, -0.05) is 42.5 Å². The minimum absolute atomic E-state index is 0.962. The number of hydrogen-bond acceptors (Lipinski definition) is 0. The third-order valence-corrected chi connectivity index (χ3v) is 2.17. The van der Waals surface area contributed by atoms with Crippen molar-refractivity contribution >= 4 is 0 Å². The highest BCUT2D eigenvalue weighted by Gasteiger charge is 1.83. The van der Waals surface area contributed by atoms with Crippen LogP contribution in [0.25, 0.3) is 0 Å². The van der Waals surface area contributed by atoms with Gasteiger partial charge >= 0.3 is 0 Å². The van der Waals surface area contributed by atoms with Crippen molar-refractivity contribution in [1.29, 1.82) is 0 Å². The smallest absolute Gasteiger partial charge is 0.00978 e. The Morgan fingerprint density at radius 2 is 1.64 bits per heavy atom. The van der Waals surface area contributed by atoms with Crippen LogP contribution in [0.2, 0.25) is 0 Å². The quantitative estimate of drug-likeness (QED) is 0.494. The van der Waals surface area contributed by atoms with Gasteiger partial charge in [-0.3, -0.25) is 0 Å². The molecule has 0 atom stereocenters. The molecule has 0 unspecified atom stereocenters. The maximum atomic E-state index is 3.29. The molecule has 0 aromatic rings. The Labute approximate surface area is 87.7 Å². The van der Waals surface area contributed by atoms with Gasteiger partial charge in [-0.05, 0) is 44.6 Å². The summed E-state index contributed by atoms with van der Waals surface area (Å²) in [4.78, 5) is 0. The highest BCUT2D eigenvalue weighted by atomic mass is 13.9. The Morgan fingerprint density at radius 3 is 2.64 bits per heavy atom. The van der Waals surface area contributed by atoms with E-state index >= 15 is 0 Å². The summed E-state index contributed by atoms with van der Waals surface area (Å²) in [6.07, 6.45) is 25.5. The summed E-state index contributed by atoms with van der Waals surface area (Å²) in [5.74, 6) is 0. The molecule has 0 aromatic carbocycles. The molecule has 0 spiro atoms. The third kappa shape index (κ3) is 6.47. The Balaban J connectivity index is 2.35. The summed E-state index contributed by atoms with van der Waals surface area (Å²) in [5.41, 5.74) is 0. The highest BCUT2D eigenvalue weighted by Crippen LogP contribution is 2.03. The van der Waals surface area contributed by atoms with Crippen LogP contribution < -0.4 is 0 Å². The molecular weight excluding hydrogens is 168 g/mol. The van der Waals surface area contributed by atoms with E-state index in [4.69, 9.17) is 0 Å². The van der Waals surface area contributed by atoms with Crippen LogP contribution in [0.15, 0.2) is 42.5 Å². The van der Waals surface area contributed by atoms with Crippen LogP contribution in [0.1, 0.15) is 38.5 Å². The minimum Gasteiger partial charge on any atom is -0.0845 e. The normalized spacial score (nSPS) is 28.6. The van der Waals surface area contributed by atoms with Crippen LogP contribution in [0, 0.1) is 6.08 Å². The van der Waals surface area contributed by atoms with E-state index in [0.717, 1.165) is 12.8 Å². The Morgan fingerprint density at radius 1 is 0.786 bits per heavy atom. The first-order chi connectivity index (χ1) is 7.00. The first kappa shape index (κ1) is 11.0. The molecule has 1 aliphatic rings. The fourth-order valence-electron chi connectivity index (χ4n) is 1.35. The molecule has 0 heteroatoms. The first-order valence-corrected chi connectivity index (χ1v) is 5.52. The van der Waals surface area contributed by atoms with Gasteiger partial charge < -0.3 is 0 Å². The van der Waals surface area contributed by atoms with Crippen molar-refractivity contribution in [1.82, 2.24) is 0 Å². The number of hydrogen-bond donors (Lipinski definition) is 0. The molecule has 75 valence electrons. The molecule has 0 aromatic heterocycles. The molecule has 0 saturated carbocycles. The van der Waals surface area contributed by atoms with Gasteiger partial charge in [-0.25, -0.2) is 0 Å². The Hall–Kier alpha value is -1.04. The predicted molar refractivity (Wildman–Crippen MR) is 62.9 cm³/mol. The lowest BCUT2D eigenvalue weighted by Gasteiger charge is -1.92. The molecule has 0 bridgehead atoms. The zero-order valence-electron chi connectivity index (χ0n) is 8.78. The van der Waals surface area contributed by atoms with Crippen molar-refractivity contribution in [2.75, 3.05) is 0 Å². The third-order valence-electron chi connectivity index (χ3n) is 2.17. The van der Waals surface area contributed by atoms with Crippen LogP contribution in [0.3, 0.4) is 0 Å². The molecule has 0 aliphatic heterocycles. The molecule has 0 N–H and O–H groups in total. The fraction of sp³-hybridized carbons (Fsp3) is 0.429. The Bertz CT molecular complexity index is 228. The van der Waals surface area contributed by atoms with Gasteiger partial charge in [0.25, 0.3) is 0 Å². The summed E-state index contributed by atoms with van der Waals surface area (Å²) in [6.45, 7) is 0. The summed E-state index contributed by atoms with van der Waals surface area (Å²) in [7, 11) is 0. The van der Waals surface area contributed by atoms with E-state index in [1.165, 1.54) is 25.7 Å². The first-order valence-electron chi connectivity index (χ1n) is 5.52. The second kappa shape index (κ2) is 8.55. The molecular formula is C14H19. The zero-order valence-corrected chi connectivity index (χ0v) is 8.78. The lowest BCUT2D eigenvalue weighted by atomic mass is 10.1. The largest absolute Gasteiger partial charge is 0.0845 e. The summed E-state index contributed by atoms with van der Waals surface area (Å²) < 4.78 is 0. The molecule has 0 heterocycles. The molecule has 1 rings (SSSR count). The lowest BCUT2D eigenvalue weighted by Crippen LogP contribution is -1.73. The second-order valence-electron chi connectivity index (χ2n) is 3.46. The van der Waals surface area contributed by atoms with Crippen molar-refractivity contribution in [3.8, 4) is 0 Å². The monoisotopic (exact) mass is 187 g/mol. The van der Waals surface area contributed by atoms with E-state index in [9.17, 15) is 0 Å². The molecule has 1 aliphatic carbocycles. The maximum absolute atomic E-state index is 3.29. The van der Waals surface area contributed by atoms with Crippen LogP contribution in [-0.4, -0.2) is 0 Å². The van der Waals surface area contributed by atoms with Gasteiger partial charge in [0.2, 0.25) is 0 Å². The average Bonchev–Trinajstić information content (AvgIpc) is 2.22. The number of allylic oxidation sites excluding steroid dienone is 8. The second-order valence-corrected chi connectivity index (χ2v) is 3.46. The van der Waals surface area contributed by atoms with Crippen molar-refractivity contribution in [2.24, 2.45) is 0 Å². The van der Waals surface area contributed by atoms with Crippen molar-refractivity contribution in [2.45, 2.75) is 38.5 Å². The van der Waals surface area contributed by atoms with Gasteiger partial charge in [0.1, 0.15) is 0 Å². The van der Waals surface area contributed by atoms with E-state index in [1.54, 1.807) is 0 Å². The van der Waals surface area contributed by atoms with Gasteiger partial charge in [0.15, 0.2) is 0 Å². The lowest BCUT2D eigenvalue weighted by molar-refractivity contribution is 0.760. The zero-order chi connectivity index (χ0) is 9.90. The van der Waals surface area contributed by atoms with Gasteiger partial charge in [0, 0.05) is 0 Å². The minimum atomic E-state index is 0.962. The van der Waals surface area contributed by atoms with Gasteiger partial charge in [0.05, 0.1) is 0 Å². The summed E-state index contributed by atoms with van der Waals surface area (Å²) in [6, 6.07) is 0. The van der Waals surface area contributed by atoms with Crippen LogP contribution in [0.4, 0.5) is 0 Å². The molecule has 1 radical (unpaired) electrons. The van der Waals surface area contributed by atoms with E-state index in [-0.39, 0.29) is 0 Å². The van der Waals surface area contributed by atoms with E-state index in [0.29, 0.717) is 0 Å². The van der Waals surface area contributed by atoms with Crippen molar-refractivity contribution in [3.05, 3.63) is 48.6 Å². The van der Waals surface area contributed by atoms with Gasteiger partial charge in [-0.15, -0.1) is 0 Å². The SMILES string of the molecule is [C]1=C/CCCC/C=C\C=C\C/C=C/C/1. The standard InChI is InChI=1S/C14H19/c1-2-4-6-8-10-12-14-13-11-9-7-5-3-1/h1-4,7,9,14H,5-6,8,10-12H2/b3-1+,4-2-,9-7+,14-13?. The molecule has 0 fully saturated rings. The Kier molecular flexibility index (Phi) is 6.74. The van der Waals surface area contributed by atoms with E-state index in [1.807, 2.05) is 0 Å². The average molecular weight is 187 g/mol. The van der Waals surface area contributed by atoms with Crippen LogP contribution >= 0.6 is 0 Å². The summed E-state index contributed by atoms with van der Waals surface area (Å²) in [5, 5.41) is 0.